The third-order valence-corrected chi connectivity index (χ3v) is 0.501. The molecule has 0 bridgehead atoms. The van der Waals surface area contributed by atoms with Crippen LogP contribution in [0, 0.1) is 0 Å². The van der Waals surface area contributed by atoms with E-state index in [-0.39, 0.29) is 11.0 Å². The zero-order chi connectivity index (χ0) is 5.86. The van der Waals surface area contributed by atoms with Crippen LogP contribution in [0.3, 0.4) is 0 Å². The molecule has 1 unspecified atom stereocenters. The molecule has 0 aliphatic rings. The van der Waals surface area contributed by atoms with Crippen LogP contribution in [-0.4, -0.2) is 39.8 Å². The van der Waals surface area contributed by atoms with E-state index in [9.17, 15) is 4.79 Å². The van der Waals surface area contributed by atoms with Crippen molar-refractivity contribution in [3.8, 4) is 0 Å². The van der Waals surface area contributed by atoms with Gasteiger partial charge in [-0.25, -0.2) is 0 Å². The van der Waals surface area contributed by atoms with Gasteiger partial charge in [0.05, 0.1) is 6.61 Å². The largest absolute Gasteiger partial charge is 0.412 e. The first-order valence-corrected chi connectivity index (χ1v) is 1.76. The number of aliphatic hydroxyl groups excluding tert-OH is 2. The molecule has 58 valence electrons. The first kappa shape index (κ1) is 15.7. The van der Waals surface area contributed by atoms with E-state index in [0.717, 1.165) is 0 Å². The van der Waals surface area contributed by atoms with Gasteiger partial charge in [0.1, 0.15) is 0 Å². The SMILES string of the molecule is NC(=O)C(O)CO.O.O. The Hall–Kier alpha value is -0.690. The zero-order valence-electron chi connectivity index (χ0n) is 4.66. The number of hydrogen-bond donors (Lipinski definition) is 3. The van der Waals surface area contributed by atoms with Gasteiger partial charge in [0.15, 0.2) is 6.10 Å². The van der Waals surface area contributed by atoms with Gasteiger partial charge >= 0.3 is 0 Å². The number of primary amides is 1. The van der Waals surface area contributed by atoms with Crippen LogP contribution in [0.1, 0.15) is 0 Å². The Morgan fingerprint density at radius 2 is 1.89 bits per heavy atom. The summed E-state index contributed by atoms with van der Waals surface area (Å²) >= 11 is 0. The number of nitrogens with two attached hydrogens (primary N) is 1. The molecular formula is C3H11NO5. The van der Waals surface area contributed by atoms with Crippen molar-refractivity contribution >= 4 is 5.91 Å². The molecule has 8 N–H and O–H groups in total. The van der Waals surface area contributed by atoms with Gasteiger partial charge in [0, 0.05) is 0 Å². The van der Waals surface area contributed by atoms with E-state index >= 15 is 0 Å². The highest BCUT2D eigenvalue weighted by Crippen LogP contribution is 1.73. The monoisotopic (exact) mass is 141 g/mol. The molecule has 6 heteroatoms. The second-order valence-electron chi connectivity index (χ2n) is 1.10. The summed E-state index contributed by atoms with van der Waals surface area (Å²) in [6, 6.07) is 0. The fourth-order valence-corrected chi connectivity index (χ4v) is 0.0900. The van der Waals surface area contributed by atoms with Gasteiger partial charge in [-0.15, -0.1) is 0 Å². The molecule has 0 aromatic carbocycles. The Bertz CT molecular complexity index is 74.6. The van der Waals surface area contributed by atoms with Gasteiger partial charge in [-0.3, -0.25) is 4.79 Å². The molecule has 0 radical (unpaired) electrons. The molecule has 0 aromatic rings. The molecular weight excluding hydrogens is 130 g/mol. The minimum atomic E-state index is -1.40. The Labute approximate surface area is 51.5 Å². The van der Waals surface area contributed by atoms with Gasteiger partial charge in [-0.1, -0.05) is 0 Å². The standard InChI is InChI=1S/C3H7NO3.2H2O/c4-3(7)2(6)1-5;;/h2,5-6H,1H2,(H2,4,7);2*1H2. The van der Waals surface area contributed by atoms with Crippen molar-refractivity contribution in [3.63, 3.8) is 0 Å². The molecule has 0 saturated carbocycles. The predicted molar refractivity (Wildman–Crippen MR) is 29.5 cm³/mol. The topological polar surface area (TPSA) is 147 Å². The summed E-state index contributed by atoms with van der Waals surface area (Å²) in [5.74, 6) is -0.900. The summed E-state index contributed by atoms with van der Waals surface area (Å²) in [6.45, 7) is -0.602. The molecule has 1 atom stereocenters. The summed E-state index contributed by atoms with van der Waals surface area (Å²) in [5, 5.41) is 16.2. The smallest absolute Gasteiger partial charge is 0.248 e. The lowest BCUT2D eigenvalue weighted by Gasteiger charge is -1.96. The zero-order valence-corrected chi connectivity index (χ0v) is 4.66. The number of carbonyl (C=O) groups excluding carboxylic acids is 1. The fourth-order valence-electron chi connectivity index (χ4n) is 0.0900. The average Bonchev–Trinajstić information content (AvgIpc) is 1.65. The van der Waals surface area contributed by atoms with Crippen molar-refractivity contribution < 1.29 is 26.0 Å². The van der Waals surface area contributed by atoms with Crippen molar-refractivity contribution in [2.24, 2.45) is 5.73 Å². The average molecular weight is 141 g/mol. The van der Waals surface area contributed by atoms with E-state index in [2.05, 4.69) is 5.73 Å². The molecule has 0 spiro atoms. The van der Waals surface area contributed by atoms with E-state index < -0.39 is 18.6 Å². The number of hydrogen-bond acceptors (Lipinski definition) is 3. The van der Waals surface area contributed by atoms with Gasteiger partial charge in [0.2, 0.25) is 5.91 Å². The van der Waals surface area contributed by atoms with E-state index in [1.54, 1.807) is 0 Å². The number of aliphatic hydroxyl groups is 2. The predicted octanol–water partition coefficient (Wildman–Crippen LogP) is -3.82. The number of rotatable bonds is 2. The quantitative estimate of drug-likeness (QED) is 0.362. The van der Waals surface area contributed by atoms with Crippen molar-refractivity contribution in [2.75, 3.05) is 6.61 Å². The Morgan fingerprint density at radius 3 is 1.89 bits per heavy atom. The first-order valence-electron chi connectivity index (χ1n) is 1.76. The fraction of sp³-hybridized carbons (Fsp3) is 0.667. The van der Waals surface area contributed by atoms with Crippen LogP contribution >= 0.6 is 0 Å². The van der Waals surface area contributed by atoms with Crippen molar-refractivity contribution in [1.29, 1.82) is 0 Å². The molecule has 0 fully saturated rings. The van der Waals surface area contributed by atoms with Gasteiger partial charge in [-0.2, -0.15) is 0 Å². The van der Waals surface area contributed by atoms with Crippen LogP contribution in [0.4, 0.5) is 0 Å². The molecule has 6 nitrogen and oxygen atoms in total. The minimum absolute atomic E-state index is 0. The van der Waals surface area contributed by atoms with Crippen LogP contribution in [0.25, 0.3) is 0 Å². The van der Waals surface area contributed by atoms with Crippen LogP contribution in [0.15, 0.2) is 0 Å². The highest BCUT2D eigenvalue weighted by molar-refractivity contribution is 5.78. The summed E-state index contributed by atoms with van der Waals surface area (Å²) in [6.07, 6.45) is -1.40. The Morgan fingerprint density at radius 1 is 1.56 bits per heavy atom. The maximum atomic E-state index is 9.74. The third-order valence-electron chi connectivity index (χ3n) is 0.501. The molecule has 0 saturated heterocycles. The summed E-state index contributed by atoms with van der Waals surface area (Å²) in [7, 11) is 0. The Balaban J connectivity index is -0.000000180. The van der Waals surface area contributed by atoms with E-state index in [1.807, 2.05) is 0 Å². The highest BCUT2D eigenvalue weighted by Gasteiger charge is 2.06. The van der Waals surface area contributed by atoms with E-state index in [4.69, 9.17) is 10.2 Å². The van der Waals surface area contributed by atoms with Gasteiger partial charge < -0.3 is 26.9 Å². The maximum Gasteiger partial charge on any atom is 0.248 e. The molecule has 0 aliphatic carbocycles. The highest BCUT2D eigenvalue weighted by atomic mass is 16.3. The number of amides is 1. The van der Waals surface area contributed by atoms with Gasteiger partial charge in [-0.05, 0) is 0 Å². The lowest BCUT2D eigenvalue weighted by atomic mass is 10.4. The summed E-state index contributed by atoms with van der Waals surface area (Å²) in [5.41, 5.74) is 4.50. The van der Waals surface area contributed by atoms with Crippen LogP contribution in [0.5, 0.6) is 0 Å². The molecule has 0 aromatic heterocycles. The minimum Gasteiger partial charge on any atom is -0.412 e. The van der Waals surface area contributed by atoms with Crippen molar-refractivity contribution in [2.45, 2.75) is 6.10 Å². The third kappa shape index (κ3) is 7.31. The lowest BCUT2D eigenvalue weighted by Crippen LogP contribution is -2.30. The van der Waals surface area contributed by atoms with Crippen LogP contribution in [0.2, 0.25) is 0 Å². The summed E-state index contributed by atoms with van der Waals surface area (Å²) in [4.78, 5) is 9.74. The normalized spacial score (nSPS) is 10.4. The second kappa shape index (κ2) is 7.31. The van der Waals surface area contributed by atoms with Crippen molar-refractivity contribution in [3.05, 3.63) is 0 Å². The van der Waals surface area contributed by atoms with Crippen molar-refractivity contribution in [1.82, 2.24) is 0 Å². The van der Waals surface area contributed by atoms with E-state index in [1.165, 1.54) is 0 Å². The molecule has 0 heterocycles. The molecule has 0 rings (SSSR count). The summed E-state index contributed by atoms with van der Waals surface area (Å²) < 4.78 is 0. The molecule has 1 amide bonds. The maximum absolute atomic E-state index is 9.74. The van der Waals surface area contributed by atoms with Crippen LogP contribution in [-0.2, 0) is 4.79 Å². The Kier molecular flexibility index (Phi) is 12.8. The second-order valence-corrected chi connectivity index (χ2v) is 1.10. The molecule has 0 aliphatic heterocycles. The van der Waals surface area contributed by atoms with Gasteiger partial charge in [0.25, 0.3) is 0 Å². The van der Waals surface area contributed by atoms with Crippen LogP contribution < -0.4 is 5.73 Å². The first-order chi connectivity index (χ1) is 3.18. The molecule has 9 heavy (non-hydrogen) atoms. The van der Waals surface area contributed by atoms with E-state index in [0.29, 0.717) is 0 Å². The lowest BCUT2D eigenvalue weighted by molar-refractivity contribution is -0.127. The number of carbonyl (C=O) groups is 1.